The summed E-state index contributed by atoms with van der Waals surface area (Å²) < 4.78 is 24.7. The molecule has 0 saturated heterocycles. The minimum absolute atomic E-state index is 0.123. The molecule has 9 nitrogen and oxygen atoms in total. The van der Waals surface area contributed by atoms with Crippen molar-refractivity contribution in [1.29, 1.82) is 0 Å². The summed E-state index contributed by atoms with van der Waals surface area (Å²) in [5, 5.41) is 6.80. The van der Waals surface area contributed by atoms with Gasteiger partial charge in [-0.2, -0.15) is 0 Å². The lowest BCUT2D eigenvalue weighted by Gasteiger charge is -2.44. The zero-order valence-corrected chi connectivity index (χ0v) is 37.6. The van der Waals surface area contributed by atoms with E-state index in [0.717, 1.165) is 43.7 Å². The van der Waals surface area contributed by atoms with E-state index in [2.05, 4.69) is 90.6 Å². The highest BCUT2D eigenvalue weighted by Crippen LogP contribution is 2.37. The summed E-state index contributed by atoms with van der Waals surface area (Å²) >= 11 is 0. The fourth-order valence-electron chi connectivity index (χ4n) is 8.48. The van der Waals surface area contributed by atoms with Gasteiger partial charge < -0.3 is 23.6 Å². The van der Waals surface area contributed by atoms with Crippen LogP contribution < -0.4 is 20.4 Å². The normalized spacial score (nSPS) is 13.5. The molecule has 0 aliphatic carbocycles. The number of H-pyrrole nitrogens is 1. The van der Waals surface area contributed by atoms with E-state index in [-0.39, 0.29) is 36.1 Å². The molecule has 2 N–H and O–H groups in total. The summed E-state index contributed by atoms with van der Waals surface area (Å²) in [7, 11) is 0.0318. The lowest BCUT2D eigenvalue weighted by molar-refractivity contribution is -0.154. The highest BCUT2D eigenvalue weighted by atomic mass is 28.4. The van der Waals surface area contributed by atoms with Crippen molar-refractivity contribution in [3.05, 3.63) is 162 Å². The minimum Gasteiger partial charge on any atom is -0.497 e. The maximum atomic E-state index is 14.4. The van der Waals surface area contributed by atoms with Gasteiger partial charge >= 0.3 is 11.9 Å². The Labute approximate surface area is 362 Å². The SMILES string of the molecule is COC(=O)[C@H](Cc1c[nH]c2ccccc12)N[C@H](CO[Si](c1ccccc1)(c1ccccc1)C(C)(C)C)CN(Cc1ccc(OC)cc1)[C@@H](C(=O)OCc1ccccc1)C(C)C. The van der Waals surface area contributed by atoms with Crippen molar-refractivity contribution in [2.24, 2.45) is 5.92 Å². The number of benzene rings is 5. The highest BCUT2D eigenvalue weighted by molar-refractivity contribution is 6.99. The fourth-order valence-corrected chi connectivity index (χ4v) is 13.1. The van der Waals surface area contributed by atoms with Gasteiger partial charge in [-0.3, -0.25) is 19.8 Å². The third-order valence-corrected chi connectivity index (χ3v) is 16.4. The molecule has 0 saturated carbocycles. The molecule has 0 aliphatic rings. The average Bonchev–Trinajstić information content (AvgIpc) is 3.68. The molecule has 0 fully saturated rings. The van der Waals surface area contributed by atoms with Crippen molar-refractivity contribution in [1.82, 2.24) is 15.2 Å². The predicted octanol–water partition coefficient (Wildman–Crippen LogP) is 8.07. The Balaban J connectivity index is 1.43. The van der Waals surface area contributed by atoms with Crippen molar-refractivity contribution in [3.8, 4) is 5.75 Å². The van der Waals surface area contributed by atoms with E-state index in [1.807, 2.05) is 105 Å². The van der Waals surface area contributed by atoms with E-state index >= 15 is 0 Å². The topological polar surface area (TPSA) is 102 Å². The summed E-state index contributed by atoms with van der Waals surface area (Å²) in [6.07, 6.45) is 2.33. The maximum Gasteiger partial charge on any atom is 0.323 e. The summed E-state index contributed by atoms with van der Waals surface area (Å²) in [5.41, 5.74) is 3.89. The van der Waals surface area contributed by atoms with E-state index in [4.69, 9.17) is 18.6 Å². The van der Waals surface area contributed by atoms with Crippen molar-refractivity contribution in [2.45, 2.75) is 77.4 Å². The van der Waals surface area contributed by atoms with Crippen LogP contribution >= 0.6 is 0 Å². The van der Waals surface area contributed by atoms with E-state index in [0.29, 0.717) is 19.5 Å². The standard InChI is InChI=1S/C51H61N3O6Si/c1-37(2)48(50(56)59-35-39-19-11-8-12-20-39)54(33-38-27-29-42(57-6)30-28-38)34-41(53-47(49(55)58-7)31-40-32-52-46-26-18-17-25-45(40)46)36-60-61(51(3,4)5,43-21-13-9-14-22-43)44-23-15-10-16-24-44/h8-30,32,37,41,47-48,52-53H,31,33-36H2,1-7H3/t41-,47-,48+/m0/s1. The first-order valence-corrected chi connectivity index (χ1v) is 23.1. The molecular weight excluding hydrogens is 779 g/mol. The second-order valence-electron chi connectivity index (χ2n) is 17.0. The van der Waals surface area contributed by atoms with Gasteiger partial charge in [0.05, 0.1) is 20.8 Å². The van der Waals surface area contributed by atoms with Crippen LogP contribution in [0, 0.1) is 5.92 Å². The Kier molecular flexibility index (Phi) is 15.4. The number of nitrogens with zero attached hydrogens (tertiary/aromatic N) is 1. The van der Waals surface area contributed by atoms with Gasteiger partial charge in [0.2, 0.25) is 0 Å². The van der Waals surface area contributed by atoms with E-state index < -0.39 is 26.4 Å². The number of nitrogens with one attached hydrogen (secondary N) is 2. The maximum absolute atomic E-state index is 14.4. The van der Waals surface area contributed by atoms with Crippen LogP contribution in [0.4, 0.5) is 0 Å². The summed E-state index contributed by atoms with van der Waals surface area (Å²) in [6.45, 7) is 12.0. The van der Waals surface area contributed by atoms with Crippen LogP contribution in [0.5, 0.6) is 5.75 Å². The summed E-state index contributed by atoms with van der Waals surface area (Å²) in [6, 6.07) is 45.0. The molecule has 61 heavy (non-hydrogen) atoms. The Hall–Kier alpha value is -5.52. The first kappa shape index (κ1) is 45.0. The van der Waals surface area contributed by atoms with Crippen LogP contribution in [0.1, 0.15) is 51.3 Å². The zero-order valence-electron chi connectivity index (χ0n) is 36.6. The van der Waals surface area contributed by atoms with Crippen LogP contribution in [0.25, 0.3) is 10.9 Å². The number of esters is 2. The van der Waals surface area contributed by atoms with Crippen LogP contribution in [-0.2, 0) is 43.1 Å². The van der Waals surface area contributed by atoms with Crippen LogP contribution in [-0.4, -0.2) is 75.6 Å². The first-order chi connectivity index (χ1) is 29.4. The van der Waals surface area contributed by atoms with Gasteiger partial charge in [-0.15, -0.1) is 0 Å². The number of ether oxygens (including phenoxy) is 3. The van der Waals surface area contributed by atoms with E-state index in [1.54, 1.807) is 7.11 Å². The number of carbonyl (C=O) groups is 2. The minimum atomic E-state index is -3.04. The highest BCUT2D eigenvalue weighted by Gasteiger charge is 2.50. The van der Waals surface area contributed by atoms with Gasteiger partial charge in [0.15, 0.2) is 0 Å². The average molecular weight is 840 g/mol. The molecule has 0 radical (unpaired) electrons. The number of para-hydroxylation sites is 1. The number of aromatic nitrogens is 1. The number of methoxy groups -OCH3 is 2. The Morgan fingerprint density at radius 1 is 0.738 bits per heavy atom. The van der Waals surface area contributed by atoms with Crippen molar-refractivity contribution < 1.29 is 28.2 Å². The molecule has 0 spiro atoms. The van der Waals surface area contributed by atoms with E-state index in [1.165, 1.54) is 7.11 Å². The number of fused-ring (bicyclic) bond motifs is 1. The molecule has 1 heterocycles. The molecular formula is C51H61N3O6Si. The van der Waals surface area contributed by atoms with Gasteiger partial charge in [-0.1, -0.05) is 156 Å². The van der Waals surface area contributed by atoms with Crippen LogP contribution in [0.2, 0.25) is 5.04 Å². The molecule has 5 aromatic carbocycles. The first-order valence-electron chi connectivity index (χ1n) is 21.1. The second-order valence-corrected chi connectivity index (χ2v) is 21.3. The van der Waals surface area contributed by atoms with Crippen LogP contribution in [0.3, 0.4) is 0 Å². The van der Waals surface area contributed by atoms with Gasteiger partial charge in [0.25, 0.3) is 8.32 Å². The second kappa shape index (κ2) is 20.8. The molecule has 6 rings (SSSR count). The smallest absolute Gasteiger partial charge is 0.323 e. The molecule has 0 unspecified atom stereocenters. The Morgan fingerprint density at radius 2 is 1.33 bits per heavy atom. The molecule has 6 aromatic rings. The van der Waals surface area contributed by atoms with Gasteiger partial charge in [0, 0.05) is 42.7 Å². The Bertz CT molecular complexity index is 2240. The monoisotopic (exact) mass is 839 g/mol. The predicted molar refractivity (Wildman–Crippen MR) is 247 cm³/mol. The molecule has 1 aromatic heterocycles. The number of hydrogen-bond acceptors (Lipinski definition) is 8. The molecule has 0 amide bonds. The lowest BCUT2D eigenvalue weighted by Crippen LogP contribution is -2.68. The Morgan fingerprint density at radius 3 is 1.90 bits per heavy atom. The third-order valence-electron chi connectivity index (χ3n) is 11.4. The number of rotatable bonds is 20. The molecule has 320 valence electrons. The third kappa shape index (κ3) is 11.1. The van der Waals surface area contributed by atoms with Crippen molar-refractivity contribution in [3.63, 3.8) is 0 Å². The van der Waals surface area contributed by atoms with Crippen LogP contribution in [0.15, 0.2) is 146 Å². The zero-order chi connectivity index (χ0) is 43.4. The fraction of sp³-hybridized carbons (Fsp3) is 0.333. The van der Waals surface area contributed by atoms with Gasteiger partial charge in [-0.25, -0.2) is 0 Å². The van der Waals surface area contributed by atoms with Crippen molar-refractivity contribution >= 4 is 41.5 Å². The van der Waals surface area contributed by atoms with Crippen molar-refractivity contribution in [2.75, 3.05) is 27.4 Å². The summed E-state index contributed by atoms with van der Waals surface area (Å²) in [4.78, 5) is 33.8. The van der Waals surface area contributed by atoms with Gasteiger partial charge in [0.1, 0.15) is 24.4 Å². The largest absolute Gasteiger partial charge is 0.497 e. The molecule has 3 atom stereocenters. The molecule has 0 bridgehead atoms. The molecule has 10 heteroatoms. The lowest BCUT2D eigenvalue weighted by atomic mass is 10.00. The number of carbonyl (C=O) groups excluding carboxylic acids is 2. The van der Waals surface area contributed by atoms with E-state index in [9.17, 15) is 9.59 Å². The van der Waals surface area contributed by atoms with Gasteiger partial charge in [-0.05, 0) is 56.2 Å². The molecule has 0 aliphatic heterocycles. The number of aromatic amines is 1. The number of hydrogen-bond donors (Lipinski definition) is 2. The summed E-state index contributed by atoms with van der Waals surface area (Å²) in [5.74, 6) is -0.0794. The quantitative estimate of drug-likeness (QED) is 0.0589.